The molecule has 156 valence electrons. The SMILES string of the molecule is CCC(C)c1ccc(OCC(=O)NNC(=O)COc2c(C)cccc2C)c(Br)c1. The molecule has 0 aromatic heterocycles. The Hall–Kier alpha value is -2.54. The number of halogens is 1. The Balaban J connectivity index is 1.76. The zero-order valence-corrected chi connectivity index (χ0v) is 18.8. The van der Waals surface area contributed by atoms with Gasteiger partial charge in [-0.2, -0.15) is 0 Å². The minimum absolute atomic E-state index is 0.199. The molecule has 1 atom stereocenters. The van der Waals surface area contributed by atoms with Gasteiger partial charge in [0.2, 0.25) is 0 Å². The van der Waals surface area contributed by atoms with Gasteiger partial charge in [-0.25, -0.2) is 0 Å². The summed E-state index contributed by atoms with van der Waals surface area (Å²) in [7, 11) is 0. The maximum Gasteiger partial charge on any atom is 0.276 e. The second-order valence-electron chi connectivity index (χ2n) is 6.89. The van der Waals surface area contributed by atoms with E-state index in [0.29, 0.717) is 17.4 Å². The predicted octanol–water partition coefficient (Wildman–Crippen LogP) is 4.18. The Labute approximate surface area is 180 Å². The molecule has 0 aliphatic carbocycles. The van der Waals surface area contributed by atoms with Crippen molar-refractivity contribution in [3.8, 4) is 11.5 Å². The predicted molar refractivity (Wildman–Crippen MR) is 116 cm³/mol. The number of hydrogen-bond donors (Lipinski definition) is 2. The van der Waals surface area contributed by atoms with Crippen LogP contribution in [0, 0.1) is 13.8 Å². The lowest BCUT2D eigenvalue weighted by Gasteiger charge is -2.14. The summed E-state index contributed by atoms with van der Waals surface area (Å²) in [5.74, 6) is 0.757. The highest BCUT2D eigenvalue weighted by Crippen LogP contribution is 2.30. The molecule has 0 fully saturated rings. The van der Waals surface area contributed by atoms with E-state index < -0.39 is 11.8 Å². The molecule has 0 radical (unpaired) electrons. The summed E-state index contributed by atoms with van der Waals surface area (Å²) in [4.78, 5) is 23.8. The van der Waals surface area contributed by atoms with E-state index in [1.54, 1.807) is 0 Å². The van der Waals surface area contributed by atoms with Crippen molar-refractivity contribution in [2.24, 2.45) is 0 Å². The molecule has 2 amide bonds. The quantitative estimate of drug-likeness (QED) is 0.576. The van der Waals surface area contributed by atoms with Crippen LogP contribution in [0.25, 0.3) is 0 Å². The number of rotatable bonds is 8. The van der Waals surface area contributed by atoms with Crippen molar-refractivity contribution in [3.05, 3.63) is 57.6 Å². The van der Waals surface area contributed by atoms with Crippen molar-refractivity contribution in [1.82, 2.24) is 10.9 Å². The summed E-state index contributed by atoms with van der Waals surface area (Å²) >= 11 is 3.47. The Bertz CT molecular complexity index is 850. The van der Waals surface area contributed by atoms with Crippen molar-refractivity contribution >= 4 is 27.7 Å². The first-order valence-electron chi connectivity index (χ1n) is 9.50. The first kappa shape index (κ1) is 22.7. The topological polar surface area (TPSA) is 76.7 Å². The van der Waals surface area contributed by atoms with Gasteiger partial charge in [0, 0.05) is 0 Å². The van der Waals surface area contributed by atoms with E-state index in [2.05, 4.69) is 40.6 Å². The third kappa shape index (κ3) is 6.78. The molecule has 0 saturated carbocycles. The first-order chi connectivity index (χ1) is 13.8. The van der Waals surface area contributed by atoms with E-state index in [1.165, 1.54) is 5.56 Å². The highest BCUT2D eigenvalue weighted by atomic mass is 79.9. The zero-order chi connectivity index (χ0) is 21.4. The number of carbonyl (C=O) groups excluding carboxylic acids is 2. The molecule has 0 heterocycles. The van der Waals surface area contributed by atoms with Gasteiger partial charge in [0.1, 0.15) is 11.5 Å². The van der Waals surface area contributed by atoms with Gasteiger partial charge in [-0.15, -0.1) is 0 Å². The minimum Gasteiger partial charge on any atom is -0.483 e. The second-order valence-corrected chi connectivity index (χ2v) is 7.75. The van der Waals surface area contributed by atoms with Crippen LogP contribution in [-0.4, -0.2) is 25.0 Å². The summed E-state index contributed by atoms with van der Waals surface area (Å²) in [6.45, 7) is 7.69. The fraction of sp³-hybridized carbons (Fsp3) is 0.364. The third-order valence-corrected chi connectivity index (χ3v) is 5.21. The van der Waals surface area contributed by atoms with Gasteiger partial charge in [-0.1, -0.05) is 38.1 Å². The number of amides is 2. The Morgan fingerprint density at radius 1 is 1.00 bits per heavy atom. The largest absolute Gasteiger partial charge is 0.483 e. The summed E-state index contributed by atoms with van der Waals surface area (Å²) in [5, 5.41) is 0. The molecule has 29 heavy (non-hydrogen) atoms. The number of ether oxygens (including phenoxy) is 2. The molecule has 0 bridgehead atoms. The van der Waals surface area contributed by atoms with Gasteiger partial charge in [-0.3, -0.25) is 20.4 Å². The van der Waals surface area contributed by atoms with Crippen molar-refractivity contribution in [1.29, 1.82) is 0 Å². The molecule has 0 saturated heterocycles. The van der Waals surface area contributed by atoms with E-state index in [4.69, 9.17) is 9.47 Å². The maximum absolute atomic E-state index is 11.9. The molecule has 0 spiro atoms. The lowest BCUT2D eigenvalue weighted by molar-refractivity contribution is -0.131. The number of benzene rings is 2. The lowest BCUT2D eigenvalue weighted by atomic mass is 9.99. The van der Waals surface area contributed by atoms with E-state index in [9.17, 15) is 9.59 Å². The number of nitrogens with one attached hydrogen (secondary N) is 2. The molecule has 0 aliphatic rings. The van der Waals surface area contributed by atoms with E-state index in [0.717, 1.165) is 22.0 Å². The van der Waals surface area contributed by atoms with Crippen LogP contribution in [0.1, 0.15) is 42.9 Å². The highest BCUT2D eigenvalue weighted by molar-refractivity contribution is 9.10. The van der Waals surface area contributed by atoms with Gasteiger partial charge < -0.3 is 9.47 Å². The van der Waals surface area contributed by atoms with E-state index in [-0.39, 0.29) is 13.2 Å². The van der Waals surface area contributed by atoms with Crippen LogP contribution in [0.2, 0.25) is 0 Å². The number of para-hydroxylation sites is 1. The van der Waals surface area contributed by atoms with E-state index in [1.807, 2.05) is 50.2 Å². The molecular formula is C22H27BrN2O4. The minimum atomic E-state index is -0.469. The molecule has 2 rings (SSSR count). The zero-order valence-electron chi connectivity index (χ0n) is 17.2. The van der Waals surface area contributed by atoms with Crippen LogP contribution in [0.4, 0.5) is 0 Å². The van der Waals surface area contributed by atoms with E-state index >= 15 is 0 Å². The Kier molecular flexibility index (Phi) is 8.51. The normalized spacial score (nSPS) is 11.5. The molecule has 2 aromatic rings. The molecular weight excluding hydrogens is 436 g/mol. The van der Waals surface area contributed by atoms with Gasteiger partial charge in [0.15, 0.2) is 13.2 Å². The summed E-state index contributed by atoms with van der Waals surface area (Å²) < 4.78 is 11.9. The molecule has 6 nitrogen and oxygen atoms in total. The van der Waals surface area contributed by atoms with Crippen molar-refractivity contribution in [2.75, 3.05) is 13.2 Å². The van der Waals surface area contributed by atoms with Crippen LogP contribution in [0.3, 0.4) is 0 Å². The fourth-order valence-corrected chi connectivity index (χ4v) is 3.21. The fourth-order valence-electron chi connectivity index (χ4n) is 2.70. The maximum atomic E-state index is 11.9. The number of carbonyl (C=O) groups is 2. The monoisotopic (exact) mass is 462 g/mol. The molecule has 1 unspecified atom stereocenters. The summed E-state index contributed by atoms with van der Waals surface area (Å²) in [6, 6.07) is 11.6. The number of hydrogen-bond acceptors (Lipinski definition) is 4. The third-order valence-electron chi connectivity index (χ3n) is 4.59. The van der Waals surface area contributed by atoms with Crippen LogP contribution < -0.4 is 20.3 Å². The number of aryl methyl sites for hydroxylation is 2. The van der Waals surface area contributed by atoms with Crippen LogP contribution >= 0.6 is 15.9 Å². The van der Waals surface area contributed by atoms with Crippen LogP contribution in [-0.2, 0) is 9.59 Å². The average molecular weight is 463 g/mol. The van der Waals surface area contributed by atoms with Gasteiger partial charge >= 0.3 is 0 Å². The van der Waals surface area contributed by atoms with Gasteiger partial charge in [0.25, 0.3) is 11.8 Å². The summed E-state index contributed by atoms with van der Waals surface area (Å²) in [5.41, 5.74) is 7.73. The van der Waals surface area contributed by atoms with Crippen molar-refractivity contribution in [3.63, 3.8) is 0 Å². The standard InChI is InChI=1S/C22H27BrN2O4/c1-5-14(2)17-9-10-19(18(23)11-17)28-12-20(26)24-25-21(27)13-29-22-15(3)7-6-8-16(22)4/h6-11,14H,5,12-13H2,1-4H3,(H,24,26)(H,25,27). The molecule has 7 heteroatoms. The smallest absolute Gasteiger partial charge is 0.276 e. The van der Waals surface area contributed by atoms with Crippen molar-refractivity contribution < 1.29 is 19.1 Å². The van der Waals surface area contributed by atoms with Gasteiger partial charge in [-0.05, 0) is 70.9 Å². The molecule has 0 aliphatic heterocycles. The lowest BCUT2D eigenvalue weighted by Crippen LogP contribution is -2.45. The first-order valence-corrected chi connectivity index (χ1v) is 10.3. The summed E-state index contributed by atoms with van der Waals surface area (Å²) in [6.07, 6.45) is 1.04. The van der Waals surface area contributed by atoms with Gasteiger partial charge in [0.05, 0.1) is 4.47 Å². The highest BCUT2D eigenvalue weighted by Gasteiger charge is 2.11. The number of hydrazine groups is 1. The van der Waals surface area contributed by atoms with Crippen LogP contribution in [0.15, 0.2) is 40.9 Å². The second kappa shape index (κ2) is 10.9. The molecule has 2 aromatic carbocycles. The average Bonchev–Trinajstić information content (AvgIpc) is 2.70. The Morgan fingerprint density at radius 2 is 1.59 bits per heavy atom. The van der Waals surface area contributed by atoms with Crippen LogP contribution in [0.5, 0.6) is 11.5 Å². The Morgan fingerprint density at radius 3 is 2.14 bits per heavy atom. The van der Waals surface area contributed by atoms with Crippen molar-refractivity contribution in [2.45, 2.75) is 40.0 Å². The molecule has 2 N–H and O–H groups in total.